The van der Waals surface area contributed by atoms with E-state index in [0.29, 0.717) is 5.56 Å². The van der Waals surface area contributed by atoms with Gasteiger partial charge < -0.3 is 10.1 Å². The number of para-hydroxylation sites is 1. The monoisotopic (exact) mass is 330 g/mol. The van der Waals surface area contributed by atoms with Crippen LogP contribution in [0, 0.1) is 11.3 Å². The van der Waals surface area contributed by atoms with E-state index >= 15 is 0 Å². The first kappa shape index (κ1) is 14.4. The van der Waals surface area contributed by atoms with Crippen LogP contribution in [0.1, 0.15) is 24.1 Å². The number of ether oxygens (including phenoxy) is 1. The summed E-state index contributed by atoms with van der Waals surface area (Å²) in [5, 5.41) is 12.5. The van der Waals surface area contributed by atoms with Gasteiger partial charge in [-0.2, -0.15) is 5.26 Å². The Morgan fingerprint density at radius 1 is 1.25 bits per heavy atom. The van der Waals surface area contributed by atoms with Crippen LogP contribution in [0.4, 0.5) is 5.69 Å². The van der Waals surface area contributed by atoms with Crippen molar-refractivity contribution in [3.63, 3.8) is 0 Å². The highest BCUT2D eigenvalue weighted by atomic mass is 79.9. The Bertz CT molecular complexity index is 649. The maximum absolute atomic E-state index is 9.16. The third-order valence-electron chi connectivity index (χ3n) is 3.08. The Morgan fingerprint density at radius 2 is 2.00 bits per heavy atom. The van der Waals surface area contributed by atoms with Crippen molar-refractivity contribution in [1.82, 2.24) is 0 Å². The molecule has 1 atom stereocenters. The summed E-state index contributed by atoms with van der Waals surface area (Å²) in [6.07, 6.45) is 0. The molecule has 0 spiro atoms. The van der Waals surface area contributed by atoms with Crippen molar-refractivity contribution in [2.24, 2.45) is 0 Å². The molecule has 0 saturated carbocycles. The lowest BCUT2D eigenvalue weighted by atomic mass is 10.1. The molecule has 0 saturated heterocycles. The zero-order chi connectivity index (χ0) is 14.5. The molecule has 20 heavy (non-hydrogen) atoms. The van der Waals surface area contributed by atoms with Gasteiger partial charge in [-0.05, 0) is 31.2 Å². The lowest BCUT2D eigenvalue weighted by molar-refractivity contribution is 0.408. The Morgan fingerprint density at radius 3 is 2.70 bits per heavy atom. The van der Waals surface area contributed by atoms with E-state index < -0.39 is 0 Å². The zero-order valence-corrected chi connectivity index (χ0v) is 12.9. The molecule has 1 unspecified atom stereocenters. The van der Waals surface area contributed by atoms with Gasteiger partial charge in [-0.1, -0.05) is 34.1 Å². The second-order valence-corrected chi connectivity index (χ2v) is 5.33. The number of methoxy groups -OCH3 is 1. The number of nitrogens with zero attached hydrogens (tertiary/aromatic N) is 1. The van der Waals surface area contributed by atoms with Crippen LogP contribution in [-0.4, -0.2) is 7.11 Å². The molecule has 0 aromatic heterocycles. The van der Waals surface area contributed by atoms with Crippen LogP contribution < -0.4 is 10.1 Å². The first-order valence-corrected chi connectivity index (χ1v) is 7.04. The predicted octanol–water partition coefficient (Wildman–Crippen LogP) is 4.50. The third-order valence-corrected chi connectivity index (χ3v) is 3.57. The van der Waals surface area contributed by atoms with Crippen LogP contribution in [0.25, 0.3) is 0 Å². The Kier molecular flexibility index (Phi) is 4.65. The minimum Gasteiger partial charge on any atom is -0.496 e. The number of hydrogen-bond donors (Lipinski definition) is 1. The van der Waals surface area contributed by atoms with E-state index in [1.165, 1.54) is 0 Å². The van der Waals surface area contributed by atoms with Crippen molar-refractivity contribution in [2.75, 3.05) is 12.4 Å². The number of anilines is 1. The third kappa shape index (κ3) is 3.12. The van der Waals surface area contributed by atoms with Crippen molar-refractivity contribution in [1.29, 1.82) is 5.26 Å². The van der Waals surface area contributed by atoms with Gasteiger partial charge in [0.05, 0.1) is 24.4 Å². The number of benzene rings is 2. The highest BCUT2D eigenvalue weighted by Crippen LogP contribution is 2.29. The first-order chi connectivity index (χ1) is 9.65. The molecule has 0 radical (unpaired) electrons. The van der Waals surface area contributed by atoms with E-state index in [1.54, 1.807) is 13.2 Å². The largest absolute Gasteiger partial charge is 0.496 e. The average molecular weight is 331 g/mol. The molecule has 0 aliphatic heterocycles. The van der Waals surface area contributed by atoms with Gasteiger partial charge in [0.25, 0.3) is 0 Å². The molecular weight excluding hydrogens is 316 g/mol. The Balaban J connectivity index is 2.30. The summed E-state index contributed by atoms with van der Waals surface area (Å²) in [7, 11) is 1.66. The molecule has 3 nitrogen and oxygen atoms in total. The standard InChI is InChI=1S/C16H15BrN2O/c1-11(14-5-3-4-6-16(14)20-2)19-15-9-13(17)8-7-12(15)10-18/h3-9,11,19H,1-2H3. The van der Waals surface area contributed by atoms with Gasteiger partial charge in [-0.15, -0.1) is 0 Å². The minimum atomic E-state index is 0.0348. The van der Waals surface area contributed by atoms with Crippen LogP contribution in [0.5, 0.6) is 5.75 Å². The molecule has 2 aromatic carbocycles. The number of hydrogen-bond acceptors (Lipinski definition) is 3. The fourth-order valence-electron chi connectivity index (χ4n) is 2.07. The molecule has 4 heteroatoms. The molecule has 1 N–H and O–H groups in total. The Hall–Kier alpha value is -1.99. The van der Waals surface area contributed by atoms with Crippen LogP contribution in [-0.2, 0) is 0 Å². The van der Waals surface area contributed by atoms with Gasteiger partial charge in [0.15, 0.2) is 0 Å². The van der Waals surface area contributed by atoms with Crippen LogP contribution in [0.2, 0.25) is 0 Å². The first-order valence-electron chi connectivity index (χ1n) is 6.25. The van der Waals surface area contributed by atoms with Gasteiger partial charge in [0.2, 0.25) is 0 Å². The summed E-state index contributed by atoms with van der Waals surface area (Å²) in [5.74, 6) is 0.834. The van der Waals surface area contributed by atoms with E-state index in [4.69, 9.17) is 10.00 Å². The van der Waals surface area contributed by atoms with Crippen LogP contribution >= 0.6 is 15.9 Å². The maximum Gasteiger partial charge on any atom is 0.124 e. The SMILES string of the molecule is COc1ccccc1C(C)Nc1cc(Br)ccc1C#N. The summed E-state index contributed by atoms with van der Waals surface area (Å²) >= 11 is 3.43. The molecule has 0 heterocycles. The number of nitriles is 1. The van der Waals surface area contributed by atoms with Gasteiger partial charge in [-0.3, -0.25) is 0 Å². The summed E-state index contributed by atoms with van der Waals surface area (Å²) < 4.78 is 6.31. The molecule has 0 amide bonds. The smallest absolute Gasteiger partial charge is 0.124 e. The molecule has 2 aromatic rings. The minimum absolute atomic E-state index is 0.0348. The number of nitrogens with one attached hydrogen (secondary N) is 1. The second-order valence-electron chi connectivity index (χ2n) is 4.41. The van der Waals surface area contributed by atoms with Crippen molar-refractivity contribution >= 4 is 21.6 Å². The average Bonchev–Trinajstić information content (AvgIpc) is 2.47. The molecule has 2 rings (SSSR count). The van der Waals surface area contributed by atoms with E-state index in [9.17, 15) is 0 Å². The highest BCUT2D eigenvalue weighted by Gasteiger charge is 2.12. The van der Waals surface area contributed by atoms with Gasteiger partial charge in [-0.25, -0.2) is 0 Å². The molecule has 0 bridgehead atoms. The van der Waals surface area contributed by atoms with E-state index in [2.05, 4.69) is 27.3 Å². The molecule has 0 aliphatic carbocycles. The zero-order valence-electron chi connectivity index (χ0n) is 11.4. The summed E-state index contributed by atoms with van der Waals surface area (Å²) in [5.41, 5.74) is 2.48. The van der Waals surface area contributed by atoms with Crippen molar-refractivity contribution in [3.05, 3.63) is 58.1 Å². The topological polar surface area (TPSA) is 45.0 Å². The lowest BCUT2D eigenvalue weighted by Gasteiger charge is -2.19. The normalized spacial score (nSPS) is 11.5. The van der Waals surface area contributed by atoms with Crippen molar-refractivity contribution in [2.45, 2.75) is 13.0 Å². The summed E-state index contributed by atoms with van der Waals surface area (Å²) in [4.78, 5) is 0. The molecule has 0 fully saturated rings. The lowest BCUT2D eigenvalue weighted by Crippen LogP contribution is -2.09. The summed E-state index contributed by atoms with van der Waals surface area (Å²) in [6, 6.07) is 15.6. The fraction of sp³-hybridized carbons (Fsp3) is 0.188. The number of halogens is 1. The van der Waals surface area contributed by atoms with Crippen molar-refractivity contribution in [3.8, 4) is 11.8 Å². The van der Waals surface area contributed by atoms with Gasteiger partial charge in [0.1, 0.15) is 11.8 Å². The predicted molar refractivity (Wildman–Crippen MR) is 83.9 cm³/mol. The van der Waals surface area contributed by atoms with E-state index in [0.717, 1.165) is 21.5 Å². The molecule has 0 aliphatic rings. The quantitative estimate of drug-likeness (QED) is 0.897. The van der Waals surface area contributed by atoms with Crippen LogP contribution in [0.15, 0.2) is 46.9 Å². The maximum atomic E-state index is 9.16. The second kappa shape index (κ2) is 6.44. The van der Waals surface area contributed by atoms with Gasteiger partial charge in [0, 0.05) is 10.0 Å². The van der Waals surface area contributed by atoms with E-state index in [-0.39, 0.29) is 6.04 Å². The number of rotatable bonds is 4. The molecular formula is C16H15BrN2O. The van der Waals surface area contributed by atoms with Gasteiger partial charge >= 0.3 is 0 Å². The Labute approximate surface area is 127 Å². The highest BCUT2D eigenvalue weighted by molar-refractivity contribution is 9.10. The summed E-state index contributed by atoms with van der Waals surface area (Å²) in [6.45, 7) is 2.04. The fourth-order valence-corrected chi connectivity index (χ4v) is 2.43. The van der Waals surface area contributed by atoms with Crippen molar-refractivity contribution < 1.29 is 4.74 Å². The molecule has 102 valence electrons. The van der Waals surface area contributed by atoms with E-state index in [1.807, 2.05) is 43.3 Å². The van der Waals surface area contributed by atoms with Crippen LogP contribution in [0.3, 0.4) is 0 Å².